The second-order valence-electron chi connectivity index (χ2n) is 5.73. The minimum absolute atomic E-state index is 0.0886. The van der Waals surface area contributed by atoms with Gasteiger partial charge in [-0.15, -0.1) is 0 Å². The van der Waals surface area contributed by atoms with Gasteiger partial charge >= 0.3 is 5.97 Å². The summed E-state index contributed by atoms with van der Waals surface area (Å²) >= 11 is 3.26. The largest absolute Gasteiger partial charge is 0.463 e. The molecule has 0 aliphatic carbocycles. The van der Waals surface area contributed by atoms with Gasteiger partial charge in [0.15, 0.2) is 0 Å². The fourth-order valence-corrected chi connectivity index (χ4v) is 3.67. The van der Waals surface area contributed by atoms with Crippen LogP contribution >= 0.6 is 15.9 Å². The van der Waals surface area contributed by atoms with Crippen LogP contribution in [0.15, 0.2) is 52.1 Å². The number of halogens is 1. The van der Waals surface area contributed by atoms with Crippen molar-refractivity contribution in [1.82, 2.24) is 14.5 Å². The predicted molar refractivity (Wildman–Crippen MR) is 96.3 cm³/mol. The van der Waals surface area contributed by atoms with E-state index in [1.807, 2.05) is 0 Å². The van der Waals surface area contributed by atoms with Crippen LogP contribution in [-0.2, 0) is 26.1 Å². The van der Waals surface area contributed by atoms with E-state index in [1.165, 1.54) is 12.1 Å². The lowest BCUT2D eigenvalue weighted by Crippen LogP contribution is -2.45. The molecule has 0 amide bonds. The molecule has 1 N–H and O–H groups in total. The van der Waals surface area contributed by atoms with E-state index in [0.717, 1.165) is 4.47 Å². The average Bonchev–Trinajstić information content (AvgIpc) is 3.06. The standard InChI is InChI=1S/C16H20BrN3O4S/c1-12(2)15(16(21)24-11-10-20-9-3-8-18-20)19-25(22,23)14-6-4-13(17)5-7-14/h3-9,12,15,19H,10-11H2,1-2H3/t15-/m0/s1. The van der Waals surface area contributed by atoms with Crippen molar-refractivity contribution < 1.29 is 17.9 Å². The highest BCUT2D eigenvalue weighted by Crippen LogP contribution is 2.16. The Bertz CT molecular complexity index is 789. The Morgan fingerprint density at radius 2 is 2.00 bits per heavy atom. The quantitative estimate of drug-likeness (QED) is 0.649. The molecule has 2 rings (SSSR count). The van der Waals surface area contributed by atoms with E-state index in [1.54, 1.807) is 49.1 Å². The summed E-state index contributed by atoms with van der Waals surface area (Å²) in [5.41, 5.74) is 0. The fraction of sp³-hybridized carbons (Fsp3) is 0.375. The van der Waals surface area contributed by atoms with E-state index in [-0.39, 0.29) is 17.4 Å². The van der Waals surface area contributed by atoms with Gasteiger partial charge in [-0.2, -0.15) is 9.82 Å². The topological polar surface area (TPSA) is 90.3 Å². The number of aromatic nitrogens is 2. The van der Waals surface area contributed by atoms with Crippen molar-refractivity contribution >= 4 is 31.9 Å². The Balaban J connectivity index is 2.01. The number of benzene rings is 1. The van der Waals surface area contributed by atoms with Crippen molar-refractivity contribution in [2.75, 3.05) is 6.61 Å². The average molecular weight is 430 g/mol. The predicted octanol–water partition coefficient (Wildman–Crippen LogP) is 2.19. The fourth-order valence-electron chi connectivity index (χ4n) is 2.07. The van der Waals surface area contributed by atoms with Gasteiger partial charge in [-0.3, -0.25) is 9.48 Å². The second-order valence-corrected chi connectivity index (χ2v) is 8.36. The molecule has 7 nitrogen and oxygen atoms in total. The monoisotopic (exact) mass is 429 g/mol. The summed E-state index contributed by atoms with van der Waals surface area (Å²) in [5, 5.41) is 4.01. The summed E-state index contributed by atoms with van der Waals surface area (Å²) in [7, 11) is -3.82. The Morgan fingerprint density at radius 3 is 2.56 bits per heavy atom. The van der Waals surface area contributed by atoms with Crippen LogP contribution in [0.2, 0.25) is 0 Å². The summed E-state index contributed by atoms with van der Waals surface area (Å²) < 4.78 is 35.0. The molecule has 1 aromatic heterocycles. The number of carbonyl (C=O) groups is 1. The summed E-state index contributed by atoms with van der Waals surface area (Å²) in [4.78, 5) is 12.4. The van der Waals surface area contributed by atoms with Gasteiger partial charge in [0.2, 0.25) is 10.0 Å². The van der Waals surface area contributed by atoms with Crippen LogP contribution in [0.4, 0.5) is 0 Å². The highest BCUT2D eigenvalue weighted by molar-refractivity contribution is 9.10. The SMILES string of the molecule is CC(C)[C@H](NS(=O)(=O)c1ccc(Br)cc1)C(=O)OCCn1cccn1. The van der Waals surface area contributed by atoms with Gasteiger partial charge in [-0.25, -0.2) is 8.42 Å². The van der Waals surface area contributed by atoms with E-state index in [2.05, 4.69) is 25.8 Å². The Morgan fingerprint density at radius 1 is 1.32 bits per heavy atom. The van der Waals surface area contributed by atoms with E-state index in [9.17, 15) is 13.2 Å². The molecule has 1 atom stereocenters. The first-order valence-electron chi connectivity index (χ1n) is 7.71. The van der Waals surface area contributed by atoms with Gasteiger partial charge in [0.1, 0.15) is 12.6 Å². The Labute approximate surface area is 155 Å². The summed E-state index contributed by atoms with van der Waals surface area (Å²) in [6.07, 6.45) is 3.38. The van der Waals surface area contributed by atoms with Gasteiger partial charge in [-0.1, -0.05) is 29.8 Å². The van der Waals surface area contributed by atoms with Crippen LogP contribution in [0.25, 0.3) is 0 Å². The molecular formula is C16H20BrN3O4S. The first kappa shape index (κ1) is 19.6. The number of ether oxygens (including phenoxy) is 1. The van der Waals surface area contributed by atoms with Crippen molar-refractivity contribution in [3.05, 3.63) is 47.2 Å². The highest BCUT2D eigenvalue weighted by Gasteiger charge is 2.29. The number of esters is 1. The number of hydrogen-bond acceptors (Lipinski definition) is 5. The molecule has 1 heterocycles. The molecule has 0 aliphatic rings. The third-order valence-corrected chi connectivity index (χ3v) is 5.44. The third kappa shape index (κ3) is 5.65. The first-order valence-corrected chi connectivity index (χ1v) is 9.99. The van der Waals surface area contributed by atoms with E-state index >= 15 is 0 Å². The number of rotatable bonds is 8. The molecule has 2 aromatic rings. The minimum Gasteiger partial charge on any atom is -0.463 e. The zero-order valence-corrected chi connectivity index (χ0v) is 16.3. The maximum absolute atomic E-state index is 12.5. The lowest BCUT2D eigenvalue weighted by atomic mass is 10.1. The molecule has 136 valence electrons. The number of carbonyl (C=O) groups excluding carboxylic acids is 1. The lowest BCUT2D eigenvalue weighted by Gasteiger charge is -2.21. The smallest absolute Gasteiger partial charge is 0.324 e. The van der Waals surface area contributed by atoms with Gasteiger partial charge in [0.25, 0.3) is 0 Å². The number of sulfonamides is 1. The Hall–Kier alpha value is -1.71. The molecule has 0 fully saturated rings. The maximum Gasteiger partial charge on any atom is 0.324 e. The van der Waals surface area contributed by atoms with Crippen LogP contribution in [0.1, 0.15) is 13.8 Å². The summed E-state index contributed by atoms with van der Waals surface area (Å²) in [6, 6.07) is 6.99. The summed E-state index contributed by atoms with van der Waals surface area (Å²) in [5.74, 6) is -0.870. The molecular weight excluding hydrogens is 410 g/mol. The van der Waals surface area contributed by atoms with Crippen LogP contribution in [0.3, 0.4) is 0 Å². The van der Waals surface area contributed by atoms with Crippen LogP contribution < -0.4 is 4.72 Å². The molecule has 9 heteroatoms. The molecule has 0 saturated heterocycles. The molecule has 25 heavy (non-hydrogen) atoms. The van der Waals surface area contributed by atoms with Crippen molar-refractivity contribution in [2.24, 2.45) is 5.92 Å². The van der Waals surface area contributed by atoms with E-state index in [0.29, 0.717) is 6.54 Å². The molecule has 1 aromatic carbocycles. The first-order chi connectivity index (χ1) is 11.8. The van der Waals surface area contributed by atoms with E-state index < -0.39 is 22.0 Å². The molecule has 0 bridgehead atoms. The van der Waals surface area contributed by atoms with Crippen molar-refractivity contribution in [1.29, 1.82) is 0 Å². The van der Waals surface area contributed by atoms with Crippen molar-refractivity contribution in [3.8, 4) is 0 Å². The number of nitrogens with one attached hydrogen (secondary N) is 1. The van der Waals surface area contributed by atoms with Crippen molar-refractivity contribution in [2.45, 2.75) is 31.3 Å². The van der Waals surface area contributed by atoms with Gasteiger partial charge in [0, 0.05) is 16.9 Å². The highest BCUT2D eigenvalue weighted by atomic mass is 79.9. The third-order valence-electron chi connectivity index (χ3n) is 3.45. The van der Waals surface area contributed by atoms with E-state index in [4.69, 9.17) is 4.74 Å². The molecule has 0 unspecified atom stereocenters. The number of nitrogens with zero attached hydrogens (tertiary/aromatic N) is 2. The van der Waals surface area contributed by atoms with Crippen molar-refractivity contribution in [3.63, 3.8) is 0 Å². The zero-order valence-electron chi connectivity index (χ0n) is 13.9. The van der Waals surface area contributed by atoms with Gasteiger partial charge in [-0.05, 0) is 36.2 Å². The van der Waals surface area contributed by atoms with Gasteiger partial charge in [0.05, 0.1) is 11.4 Å². The molecule has 0 aliphatic heterocycles. The van der Waals surface area contributed by atoms with Crippen LogP contribution in [-0.4, -0.2) is 36.8 Å². The molecule has 0 saturated carbocycles. The number of hydrogen-bond donors (Lipinski definition) is 1. The second kappa shape index (κ2) is 8.59. The zero-order chi connectivity index (χ0) is 18.4. The lowest BCUT2D eigenvalue weighted by molar-refractivity contribution is -0.147. The maximum atomic E-state index is 12.5. The summed E-state index contributed by atoms with van der Waals surface area (Å²) in [6.45, 7) is 4.03. The Kier molecular flexibility index (Phi) is 6.74. The van der Waals surface area contributed by atoms with Gasteiger partial charge < -0.3 is 4.74 Å². The van der Waals surface area contributed by atoms with Crippen LogP contribution in [0, 0.1) is 5.92 Å². The van der Waals surface area contributed by atoms with Crippen LogP contribution in [0.5, 0.6) is 0 Å². The minimum atomic E-state index is -3.82. The molecule has 0 spiro atoms. The normalized spacial score (nSPS) is 13.0. The molecule has 0 radical (unpaired) electrons.